The zero-order valence-electron chi connectivity index (χ0n) is 21.0. The number of hydrogen-bond acceptors (Lipinski definition) is 7. The number of H-pyrrole nitrogens is 1. The number of rotatable bonds is 8. The lowest BCUT2D eigenvalue weighted by molar-refractivity contribution is 0.410. The molecule has 2 aliphatic rings. The van der Waals surface area contributed by atoms with E-state index in [1.807, 2.05) is 12.4 Å². The molecule has 1 aromatic carbocycles. The molecule has 0 unspecified atom stereocenters. The summed E-state index contributed by atoms with van der Waals surface area (Å²) >= 11 is 0. The molecule has 0 saturated heterocycles. The number of ether oxygens (including phenoxy) is 1. The Bertz CT molecular complexity index is 1330. The van der Waals surface area contributed by atoms with Gasteiger partial charge in [-0.2, -0.15) is 9.97 Å². The molecule has 9 nitrogen and oxygen atoms in total. The van der Waals surface area contributed by atoms with E-state index < -0.39 is 0 Å². The van der Waals surface area contributed by atoms with Crippen LogP contribution in [-0.4, -0.2) is 50.2 Å². The van der Waals surface area contributed by atoms with Crippen molar-refractivity contribution in [1.82, 2.24) is 24.5 Å². The van der Waals surface area contributed by atoms with Gasteiger partial charge in [-0.15, -0.1) is 0 Å². The quantitative estimate of drug-likeness (QED) is 0.282. The van der Waals surface area contributed by atoms with Crippen LogP contribution in [0.4, 0.5) is 11.8 Å². The maximum atomic E-state index is 6.12. The van der Waals surface area contributed by atoms with Gasteiger partial charge in [0, 0.05) is 41.8 Å². The number of nitrogens with zero attached hydrogens (tertiary/aromatic N) is 4. The highest BCUT2D eigenvalue weighted by Crippen LogP contribution is 2.33. The Labute approximate surface area is 211 Å². The number of fused-ring (bicyclic) bond motifs is 2. The highest BCUT2D eigenvalue weighted by atomic mass is 16.5. The standard InChI is InChI=1S/C27H36N8O/c1-36-21-10-11-23-22(14-21)17(15-30-23)12-13-29-25-24-26(35(16-31-24)20-4-2-3-5-20)34-27(33-25)32-19-8-6-18(28)7-9-19/h10-11,14-16,18-20,30H,2-9,12-13,28H2,1H3,(H2,29,32,33,34). The molecule has 2 aliphatic carbocycles. The molecule has 36 heavy (non-hydrogen) atoms. The minimum atomic E-state index is 0.317. The second-order valence-electron chi connectivity index (χ2n) is 10.3. The average molecular weight is 489 g/mol. The maximum absolute atomic E-state index is 6.12. The van der Waals surface area contributed by atoms with Crippen LogP contribution in [0.15, 0.2) is 30.7 Å². The van der Waals surface area contributed by atoms with Crippen LogP contribution in [0.1, 0.15) is 63.0 Å². The number of nitrogens with two attached hydrogens (primary N) is 1. The molecule has 3 aromatic heterocycles. The van der Waals surface area contributed by atoms with Gasteiger partial charge < -0.3 is 30.7 Å². The summed E-state index contributed by atoms with van der Waals surface area (Å²) in [6.45, 7) is 0.740. The van der Waals surface area contributed by atoms with Crippen LogP contribution in [0.2, 0.25) is 0 Å². The van der Waals surface area contributed by atoms with E-state index in [-0.39, 0.29) is 0 Å². The molecule has 2 fully saturated rings. The van der Waals surface area contributed by atoms with E-state index in [9.17, 15) is 0 Å². The first-order valence-corrected chi connectivity index (χ1v) is 13.3. The molecule has 0 bridgehead atoms. The van der Waals surface area contributed by atoms with Gasteiger partial charge in [0.1, 0.15) is 5.75 Å². The first-order chi connectivity index (χ1) is 17.7. The van der Waals surface area contributed by atoms with Crippen molar-refractivity contribution < 1.29 is 4.74 Å². The van der Waals surface area contributed by atoms with Gasteiger partial charge in [0.05, 0.1) is 13.4 Å². The van der Waals surface area contributed by atoms with Crippen LogP contribution >= 0.6 is 0 Å². The van der Waals surface area contributed by atoms with E-state index in [4.69, 9.17) is 25.4 Å². The van der Waals surface area contributed by atoms with Crippen LogP contribution in [-0.2, 0) is 6.42 Å². The second kappa shape index (κ2) is 9.97. The Balaban J connectivity index is 1.25. The molecular weight excluding hydrogens is 452 g/mol. The number of methoxy groups -OCH3 is 1. The van der Waals surface area contributed by atoms with Gasteiger partial charge in [-0.3, -0.25) is 0 Å². The third-order valence-electron chi connectivity index (χ3n) is 7.91. The Hall–Kier alpha value is -3.33. The molecule has 0 atom stereocenters. The van der Waals surface area contributed by atoms with Gasteiger partial charge in [0.2, 0.25) is 5.95 Å². The van der Waals surface area contributed by atoms with Crippen molar-refractivity contribution in [1.29, 1.82) is 0 Å². The second-order valence-corrected chi connectivity index (χ2v) is 10.3. The van der Waals surface area contributed by atoms with Gasteiger partial charge in [0.25, 0.3) is 0 Å². The molecule has 0 spiro atoms. The molecule has 6 rings (SSSR count). The fourth-order valence-electron chi connectivity index (χ4n) is 5.81. The highest BCUT2D eigenvalue weighted by Gasteiger charge is 2.24. The summed E-state index contributed by atoms with van der Waals surface area (Å²) in [5.74, 6) is 2.34. The predicted molar refractivity (Wildman–Crippen MR) is 144 cm³/mol. The summed E-state index contributed by atoms with van der Waals surface area (Å²) < 4.78 is 7.69. The van der Waals surface area contributed by atoms with Crippen molar-refractivity contribution in [3.63, 3.8) is 0 Å². The number of nitrogens with one attached hydrogen (secondary N) is 3. The van der Waals surface area contributed by atoms with E-state index in [0.717, 1.165) is 66.9 Å². The minimum absolute atomic E-state index is 0.317. The maximum Gasteiger partial charge on any atom is 0.227 e. The molecule has 5 N–H and O–H groups in total. The molecule has 0 aliphatic heterocycles. The van der Waals surface area contributed by atoms with Crippen molar-refractivity contribution in [2.45, 2.75) is 75.9 Å². The van der Waals surface area contributed by atoms with Gasteiger partial charge in [0.15, 0.2) is 17.0 Å². The van der Waals surface area contributed by atoms with Crippen molar-refractivity contribution in [2.75, 3.05) is 24.3 Å². The van der Waals surface area contributed by atoms with E-state index in [1.54, 1.807) is 7.11 Å². The van der Waals surface area contributed by atoms with E-state index in [1.165, 1.54) is 36.6 Å². The SMILES string of the molecule is COc1ccc2[nH]cc(CCNc3nc(NC4CCC(N)CC4)nc4c3ncn4C3CCCC3)c2c1. The van der Waals surface area contributed by atoms with Crippen molar-refractivity contribution >= 4 is 33.8 Å². The number of aromatic nitrogens is 5. The largest absolute Gasteiger partial charge is 0.497 e. The fraction of sp³-hybridized carbons (Fsp3) is 0.519. The lowest BCUT2D eigenvalue weighted by Crippen LogP contribution is -2.33. The first kappa shape index (κ1) is 23.1. The lowest BCUT2D eigenvalue weighted by atomic mass is 9.92. The van der Waals surface area contributed by atoms with Crippen molar-refractivity contribution in [3.05, 3.63) is 36.3 Å². The Morgan fingerprint density at radius 3 is 2.75 bits per heavy atom. The van der Waals surface area contributed by atoms with Crippen LogP contribution in [0, 0.1) is 0 Å². The molecule has 2 saturated carbocycles. The smallest absolute Gasteiger partial charge is 0.227 e. The average Bonchev–Trinajstić information content (AvgIpc) is 3.65. The number of benzene rings is 1. The topological polar surface area (TPSA) is 119 Å². The molecule has 0 amide bonds. The van der Waals surface area contributed by atoms with Gasteiger partial charge in [-0.25, -0.2) is 4.98 Å². The molecule has 3 heterocycles. The van der Waals surface area contributed by atoms with Crippen LogP contribution in [0.3, 0.4) is 0 Å². The Morgan fingerprint density at radius 2 is 1.94 bits per heavy atom. The van der Waals surface area contributed by atoms with Crippen LogP contribution in [0.5, 0.6) is 5.75 Å². The van der Waals surface area contributed by atoms with Crippen LogP contribution in [0.25, 0.3) is 22.1 Å². The van der Waals surface area contributed by atoms with Crippen LogP contribution < -0.4 is 21.1 Å². The number of anilines is 2. The highest BCUT2D eigenvalue weighted by molar-refractivity contribution is 5.86. The minimum Gasteiger partial charge on any atom is -0.497 e. The summed E-state index contributed by atoms with van der Waals surface area (Å²) in [4.78, 5) is 18.0. The normalized spacial score (nSPS) is 20.8. The van der Waals surface area contributed by atoms with Gasteiger partial charge >= 0.3 is 0 Å². The predicted octanol–water partition coefficient (Wildman–Crippen LogP) is 4.77. The molecule has 4 aromatic rings. The van der Waals surface area contributed by atoms with Gasteiger partial charge in [-0.1, -0.05) is 12.8 Å². The summed E-state index contributed by atoms with van der Waals surface area (Å²) in [7, 11) is 1.70. The van der Waals surface area contributed by atoms with E-state index in [0.29, 0.717) is 24.1 Å². The molecule has 9 heteroatoms. The van der Waals surface area contributed by atoms with Gasteiger partial charge in [-0.05, 0) is 68.7 Å². The van der Waals surface area contributed by atoms with Crippen molar-refractivity contribution in [2.24, 2.45) is 5.73 Å². The third-order valence-corrected chi connectivity index (χ3v) is 7.91. The fourth-order valence-corrected chi connectivity index (χ4v) is 5.81. The third kappa shape index (κ3) is 4.59. The zero-order chi connectivity index (χ0) is 24.5. The summed E-state index contributed by atoms with van der Waals surface area (Å²) in [6.07, 6.45) is 14.0. The lowest BCUT2D eigenvalue weighted by Gasteiger charge is -2.27. The zero-order valence-corrected chi connectivity index (χ0v) is 21.0. The summed E-state index contributed by atoms with van der Waals surface area (Å²) in [5.41, 5.74) is 10.2. The molecule has 190 valence electrons. The number of hydrogen-bond donors (Lipinski definition) is 4. The molecular formula is C27H36N8O. The first-order valence-electron chi connectivity index (χ1n) is 13.3. The Morgan fingerprint density at radius 1 is 1.11 bits per heavy atom. The monoisotopic (exact) mass is 488 g/mol. The Kier molecular flexibility index (Phi) is 6.39. The summed E-state index contributed by atoms with van der Waals surface area (Å²) in [6, 6.07) is 7.28. The summed E-state index contributed by atoms with van der Waals surface area (Å²) in [5, 5.41) is 8.37. The van der Waals surface area contributed by atoms with E-state index >= 15 is 0 Å². The van der Waals surface area contributed by atoms with E-state index in [2.05, 4.69) is 38.5 Å². The number of imidazole rings is 1. The number of aromatic amines is 1. The van der Waals surface area contributed by atoms with Crippen molar-refractivity contribution in [3.8, 4) is 5.75 Å². The molecule has 0 radical (unpaired) electrons.